The molecule has 1 aromatic carbocycles. The third-order valence-corrected chi connectivity index (χ3v) is 4.40. The third kappa shape index (κ3) is 4.84. The van der Waals surface area contributed by atoms with E-state index in [1.54, 1.807) is 0 Å². The molecule has 5 nitrogen and oxygen atoms in total. The number of aliphatic hydroxyl groups excluding tert-OH is 1. The number of rotatable bonds is 6. The summed E-state index contributed by atoms with van der Waals surface area (Å²) in [4.78, 5) is 11.3. The first kappa shape index (κ1) is 17.0. The van der Waals surface area contributed by atoms with Crippen molar-refractivity contribution in [2.24, 2.45) is 0 Å². The Balaban J connectivity index is 1.45. The molecule has 5 heteroatoms. The van der Waals surface area contributed by atoms with Crippen molar-refractivity contribution in [1.82, 2.24) is 20.2 Å². The van der Waals surface area contributed by atoms with Gasteiger partial charge in [0.1, 0.15) is 0 Å². The Morgan fingerprint density at radius 3 is 2.88 bits per heavy atom. The highest BCUT2D eigenvalue weighted by Crippen LogP contribution is 2.15. The molecule has 1 aliphatic heterocycles. The number of piperidine rings is 1. The first-order valence-electron chi connectivity index (χ1n) is 8.70. The molecule has 0 bridgehead atoms. The average molecular weight is 326 g/mol. The van der Waals surface area contributed by atoms with Crippen LogP contribution in [0.5, 0.6) is 0 Å². The zero-order chi connectivity index (χ0) is 16.8. The number of aliphatic hydroxyl groups is 1. The molecule has 1 atom stereocenters. The standard InChI is InChI=1S/C19H26N4O/c1-15-4-2-5-17(10-15)19-21-12-16(13-22-19)11-20-7-9-23-8-3-6-18(24)14-23/h2,4-5,10,12-13,18,20,24H,3,6-9,11,14H2,1H3/t18-/m0/s1. The minimum atomic E-state index is -0.152. The number of β-amino-alcohol motifs (C(OH)–C–C–N with tert-alkyl or cyclic N) is 1. The molecule has 2 N–H and O–H groups in total. The van der Waals surface area contributed by atoms with Crippen molar-refractivity contribution in [3.05, 3.63) is 47.8 Å². The molecular formula is C19H26N4O. The van der Waals surface area contributed by atoms with Crippen LogP contribution in [0.25, 0.3) is 11.4 Å². The number of hydrogen-bond acceptors (Lipinski definition) is 5. The molecule has 3 rings (SSSR count). The molecule has 2 aromatic rings. The number of nitrogens with one attached hydrogen (secondary N) is 1. The fourth-order valence-electron chi connectivity index (χ4n) is 3.08. The summed E-state index contributed by atoms with van der Waals surface area (Å²) in [7, 11) is 0. The molecule has 0 amide bonds. The maximum Gasteiger partial charge on any atom is 0.159 e. The van der Waals surface area contributed by atoms with Gasteiger partial charge in [-0.2, -0.15) is 0 Å². The van der Waals surface area contributed by atoms with Crippen LogP contribution in [-0.4, -0.2) is 52.3 Å². The van der Waals surface area contributed by atoms with Crippen LogP contribution in [-0.2, 0) is 6.54 Å². The van der Waals surface area contributed by atoms with Gasteiger partial charge in [0.05, 0.1) is 6.10 Å². The summed E-state index contributed by atoms with van der Waals surface area (Å²) in [6.07, 6.45) is 5.66. The largest absolute Gasteiger partial charge is 0.392 e. The van der Waals surface area contributed by atoms with E-state index < -0.39 is 0 Å². The lowest BCUT2D eigenvalue weighted by Gasteiger charge is -2.29. The van der Waals surface area contributed by atoms with E-state index in [1.807, 2.05) is 24.5 Å². The molecule has 0 spiro atoms. The van der Waals surface area contributed by atoms with Gasteiger partial charge < -0.3 is 10.4 Å². The molecule has 128 valence electrons. The Kier molecular flexibility index (Phi) is 5.91. The summed E-state index contributed by atoms with van der Waals surface area (Å²) < 4.78 is 0. The second-order valence-corrected chi connectivity index (χ2v) is 6.56. The zero-order valence-electron chi connectivity index (χ0n) is 14.3. The van der Waals surface area contributed by atoms with E-state index in [9.17, 15) is 5.11 Å². The van der Waals surface area contributed by atoms with Crippen LogP contribution in [0.1, 0.15) is 24.0 Å². The first-order chi connectivity index (χ1) is 11.7. The minimum absolute atomic E-state index is 0.152. The van der Waals surface area contributed by atoms with Crippen LogP contribution < -0.4 is 5.32 Å². The van der Waals surface area contributed by atoms with E-state index in [4.69, 9.17) is 0 Å². The first-order valence-corrected chi connectivity index (χ1v) is 8.70. The predicted molar refractivity (Wildman–Crippen MR) is 95.6 cm³/mol. The van der Waals surface area contributed by atoms with E-state index >= 15 is 0 Å². The Labute approximate surface area is 143 Å². The van der Waals surface area contributed by atoms with Gasteiger partial charge in [-0.3, -0.25) is 4.90 Å². The topological polar surface area (TPSA) is 61.3 Å². The molecule has 2 heterocycles. The van der Waals surface area contributed by atoms with Crippen molar-refractivity contribution < 1.29 is 5.11 Å². The molecule has 24 heavy (non-hydrogen) atoms. The van der Waals surface area contributed by atoms with Crippen LogP contribution in [0.15, 0.2) is 36.7 Å². The lowest BCUT2D eigenvalue weighted by Crippen LogP contribution is -2.41. The predicted octanol–water partition coefficient (Wildman–Crippen LogP) is 2.00. The van der Waals surface area contributed by atoms with Gasteiger partial charge in [0.15, 0.2) is 5.82 Å². The Morgan fingerprint density at radius 1 is 1.29 bits per heavy atom. The minimum Gasteiger partial charge on any atom is -0.392 e. The van der Waals surface area contributed by atoms with Crippen molar-refractivity contribution >= 4 is 0 Å². The van der Waals surface area contributed by atoms with E-state index in [0.717, 1.165) is 62.5 Å². The van der Waals surface area contributed by atoms with Gasteiger partial charge >= 0.3 is 0 Å². The maximum absolute atomic E-state index is 9.67. The highest BCUT2D eigenvalue weighted by molar-refractivity contribution is 5.55. The lowest BCUT2D eigenvalue weighted by molar-refractivity contribution is 0.0712. The number of hydrogen-bond donors (Lipinski definition) is 2. The summed E-state index contributed by atoms with van der Waals surface area (Å²) in [6, 6.07) is 8.23. The van der Waals surface area contributed by atoms with Crippen LogP contribution in [0.3, 0.4) is 0 Å². The molecular weight excluding hydrogens is 300 g/mol. The lowest BCUT2D eigenvalue weighted by atomic mass is 10.1. The van der Waals surface area contributed by atoms with Gasteiger partial charge in [-0.1, -0.05) is 23.8 Å². The molecule has 1 aliphatic rings. The smallest absolute Gasteiger partial charge is 0.159 e. The monoisotopic (exact) mass is 326 g/mol. The van der Waals surface area contributed by atoms with Crippen molar-refractivity contribution in [1.29, 1.82) is 0 Å². The number of aromatic nitrogens is 2. The summed E-state index contributed by atoms with van der Waals surface area (Å²) in [5, 5.41) is 13.1. The van der Waals surface area contributed by atoms with Gasteiger partial charge in [-0.05, 0) is 32.4 Å². The molecule has 0 aliphatic carbocycles. The van der Waals surface area contributed by atoms with E-state index in [-0.39, 0.29) is 6.10 Å². The van der Waals surface area contributed by atoms with Crippen molar-refractivity contribution in [3.8, 4) is 11.4 Å². The summed E-state index contributed by atoms with van der Waals surface area (Å²) in [5.74, 6) is 0.768. The maximum atomic E-state index is 9.67. The number of aryl methyl sites for hydroxylation is 1. The van der Waals surface area contributed by atoms with Crippen LogP contribution in [0.4, 0.5) is 0 Å². The highest BCUT2D eigenvalue weighted by Gasteiger charge is 2.16. The molecule has 0 unspecified atom stereocenters. The van der Waals surface area contributed by atoms with Crippen molar-refractivity contribution in [2.75, 3.05) is 26.2 Å². The van der Waals surface area contributed by atoms with Gasteiger partial charge in [0.2, 0.25) is 0 Å². The van der Waals surface area contributed by atoms with Crippen LogP contribution >= 0.6 is 0 Å². The van der Waals surface area contributed by atoms with E-state index in [1.165, 1.54) is 5.56 Å². The number of benzene rings is 1. The van der Waals surface area contributed by atoms with Crippen molar-refractivity contribution in [2.45, 2.75) is 32.4 Å². The summed E-state index contributed by atoms with van der Waals surface area (Å²) in [5.41, 5.74) is 3.35. The molecule has 1 aromatic heterocycles. The van der Waals surface area contributed by atoms with Gasteiger partial charge in [0.25, 0.3) is 0 Å². The number of likely N-dealkylation sites (tertiary alicyclic amines) is 1. The van der Waals surface area contributed by atoms with Crippen LogP contribution in [0.2, 0.25) is 0 Å². The second kappa shape index (κ2) is 8.33. The van der Waals surface area contributed by atoms with Gasteiger partial charge in [-0.15, -0.1) is 0 Å². The molecule has 1 fully saturated rings. The summed E-state index contributed by atoms with van der Waals surface area (Å²) in [6.45, 7) is 6.61. The normalized spacial score (nSPS) is 18.7. The third-order valence-electron chi connectivity index (χ3n) is 4.40. The van der Waals surface area contributed by atoms with Crippen molar-refractivity contribution in [3.63, 3.8) is 0 Å². The fraction of sp³-hybridized carbons (Fsp3) is 0.474. The average Bonchev–Trinajstić information content (AvgIpc) is 2.59. The number of nitrogens with zero attached hydrogens (tertiary/aromatic N) is 3. The fourth-order valence-corrected chi connectivity index (χ4v) is 3.08. The highest BCUT2D eigenvalue weighted by atomic mass is 16.3. The van der Waals surface area contributed by atoms with Gasteiger partial charge in [-0.25, -0.2) is 9.97 Å². The second-order valence-electron chi connectivity index (χ2n) is 6.56. The van der Waals surface area contributed by atoms with E-state index in [2.05, 4.69) is 39.2 Å². The molecule has 1 saturated heterocycles. The molecule has 0 radical (unpaired) electrons. The van der Waals surface area contributed by atoms with E-state index in [0.29, 0.717) is 0 Å². The van der Waals surface area contributed by atoms with Crippen LogP contribution in [0, 0.1) is 6.92 Å². The zero-order valence-corrected chi connectivity index (χ0v) is 14.3. The Bertz CT molecular complexity index is 644. The summed E-state index contributed by atoms with van der Waals surface area (Å²) >= 11 is 0. The Hall–Kier alpha value is -1.82. The van der Waals surface area contributed by atoms with Gasteiger partial charge in [0, 0.05) is 49.7 Å². The SMILES string of the molecule is Cc1cccc(-c2ncc(CNCCN3CCC[C@H](O)C3)cn2)c1. The Morgan fingerprint density at radius 2 is 2.12 bits per heavy atom. The molecule has 0 saturated carbocycles. The quantitative estimate of drug-likeness (QED) is 0.795.